The molecule has 2 aromatic carbocycles. The Morgan fingerprint density at radius 2 is 1.67 bits per heavy atom. The molecule has 3 heteroatoms. The van der Waals surface area contributed by atoms with Gasteiger partial charge in [0.25, 0.3) is 0 Å². The van der Waals surface area contributed by atoms with Gasteiger partial charge in [0, 0.05) is 34.1 Å². The van der Waals surface area contributed by atoms with Crippen molar-refractivity contribution in [1.29, 1.82) is 0 Å². The van der Waals surface area contributed by atoms with Crippen LogP contribution < -0.4 is 4.90 Å². The van der Waals surface area contributed by atoms with Crippen LogP contribution in [0.4, 0.5) is 10.1 Å². The Labute approximate surface area is 167 Å². The number of anilines is 1. The molecule has 5 atom stereocenters. The SMILES string of the molecule is Fc1ccccc1[C@@H]1[C@@H]2CC=C[C@@H]2c2cc(Br)cc3c2N1C[C@H]1CC=C[C@@H]31. The summed E-state index contributed by atoms with van der Waals surface area (Å²) in [6, 6.07) is 12.1. The molecule has 0 N–H and O–H groups in total. The first-order valence-electron chi connectivity index (χ1n) is 9.90. The number of hydrogen-bond donors (Lipinski definition) is 0. The Kier molecular flexibility index (Phi) is 3.47. The summed E-state index contributed by atoms with van der Waals surface area (Å²) in [6.45, 7) is 1.02. The molecule has 0 aromatic heterocycles. The zero-order valence-corrected chi connectivity index (χ0v) is 16.6. The van der Waals surface area contributed by atoms with Crippen LogP contribution in [0.2, 0.25) is 0 Å². The minimum Gasteiger partial charge on any atom is -0.363 e. The van der Waals surface area contributed by atoms with Crippen LogP contribution in [0, 0.1) is 17.7 Å². The Balaban J connectivity index is 1.61. The van der Waals surface area contributed by atoms with Crippen LogP contribution in [0.1, 0.15) is 47.4 Å². The van der Waals surface area contributed by atoms with Gasteiger partial charge in [0.05, 0.1) is 6.04 Å². The molecular formula is C24H21BrFN. The Morgan fingerprint density at radius 3 is 2.52 bits per heavy atom. The number of benzene rings is 2. The van der Waals surface area contributed by atoms with Gasteiger partial charge in [-0.25, -0.2) is 4.39 Å². The monoisotopic (exact) mass is 421 g/mol. The van der Waals surface area contributed by atoms with Crippen molar-refractivity contribution in [3.8, 4) is 0 Å². The van der Waals surface area contributed by atoms with Gasteiger partial charge in [0.1, 0.15) is 5.82 Å². The van der Waals surface area contributed by atoms with Gasteiger partial charge < -0.3 is 4.90 Å². The molecule has 2 heterocycles. The minimum atomic E-state index is -0.0677. The van der Waals surface area contributed by atoms with Gasteiger partial charge in [0.15, 0.2) is 0 Å². The van der Waals surface area contributed by atoms with Crippen LogP contribution in [0.25, 0.3) is 0 Å². The predicted molar refractivity (Wildman–Crippen MR) is 111 cm³/mol. The molecule has 0 spiro atoms. The van der Waals surface area contributed by atoms with E-state index in [1.807, 2.05) is 12.1 Å². The summed E-state index contributed by atoms with van der Waals surface area (Å²) < 4.78 is 16.1. The van der Waals surface area contributed by atoms with Crippen molar-refractivity contribution < 1.29 is 4.39 Å². The van der Waals surface area contributed by atoms with Gasteiger partial charge in [-0.05, 0) is 54.0 Å². The molecule has 136 valence electrons. The summed E-state index contributed by atoms with van der Waals surface area (Å²) in [7, 11) is 0. The fraction of sp³-hybridized carbons (Fsp3) is 0.333. The van der Waals surface area contributed by atoms with Gasteiger partial charge in [-0.1, -0.05) is 58.4 Å². The van der Waals surface area contributed by atoms with Gasteiger partial charge in [-0.15, -0.1) is 0 Å². The van der Waals surface area contributed by atoms with Crippen LogP contribution in [0.15, 0.2) is 65.2 Å². The summed E-state index contributed by atoms with van der Waals surface area (Å²) >= 11 is 3.77. The van der Waals surface area contributed by atoms with Gasteiger partial charge >= 0.3 is 0 Å². The topological polar surface area (TPSA) is 3.24 Å². The van der Waals surface area contributed by atoms with Crippen LogP contribution in [0.5, 0.6) is 0 Å². The number of allylic oxidation sites excluding steroid dienone is 4. The zero-order valence-electron chi connectivity index (χ0n) is 15.0. The lowest BCUT2D eigenvalue weighted by atomic mass is 9.70. The quantitative estimate of drug-likeness (QED) is 0.476. The molecule has 0 radical (unpaired) electrons. The molecule has 0 saturated heterocycles. The number of fused-ring (bicyclic) bond motifs is 4. The molecule has 0 saturated carbocycles. The molecule has 6 rings (SSSR count). The van der Waals surface area contributed by atoms with Crippen molar-refractivity contribution >= 4 is 21.6 Å². The van der Waals surface area contributed by atoms with Crippen molar-refractivity contribution in [3.05, 3.63) is 87.7 Å². The number of rotatable bonds is 1. The van der Waals surface area contributed by atoms with E-state index in [0.29, 0.717) is 23.7 Å². The molecule has 27 heavy (non-hydrogen) atoms. The molecule has 0 bridgehead atoms. The van der Waals surface area contributed by atoms with E-state index in [2.05, 4.69) is 57.3 Å². The van der Waals surface area contributed by atoms with E-state index in [-0.39, 0.29) is 11.9 Å². The van der Waals surface area contributed by atoms with Crippen LogP contribution in [-0.4, -0.2) is 6.54 Å². The highest BCUT2D eigenvalue weighted by molar-refractivity contribution is 9.10. The van der Waals surface area contributed by atoms with Crippen LogP contribution in [-0.2, 0) is 0 Å². The lowest BCUT2D eigenvalue weighted by Gasteiger charge is -2.51. The second-order valence-corrected chi connectivity index (χ2v) is 9.27. The number of hydrogen-bond acceptors (Lipinski definition) is 1. The molecule has 2 aliphatic carbocycles. The first-order chi connectivity index (χ1) is 13.2. The first-order valence-corrected chi connectivity index (χ1v) is 10.7. The van der Waals surface area contributed by atoms with Gasteiger partial charge in [-0.2, -0.15) is 0 Å². The molecule has 0 fully saturated rings. The van der Waals surface area contributed by atoms with Crippen LogP contribution >= 0.6 is 15.9 Å². The van der Waals surface area contributed by atoms with E-state index in [4.69, 9.17) is 0 Å². The Hall–Kier alpha value is -1.87. The summed E-state index contributed by atoms with van der Waals surface area (Å²) in [4.78, 5) is 2.55. The summed E-state index contributed by atoms with van der Waals surface area (Å²) in [5, 5.41) is 0. The van der Waals surface area contributed by atoms with E-state index < -0.39 is 0 Å². The van der Waals surface area contributed by atoms with Crippen molar-refractivity contribution in [2.24, 2.45) is 11.8 Å². The van der Waals surface area contributed by atoms with E-state index >= 15 is 0 Å². The predicted octanol–water partition coefficient (Wildman–Crippen LogP) is 6.48. The van der Waals surface area contributed by atoms with Gasteiger partial charge in [-0.3, -0.25) is 0 Å². The number of halogens is 2. The third-order valence-electron chi connectivity index (χ3n) is 7.04. The standard InChI is InChI=1S/C24H21BrFN/c25-15-11-20-16-7-3-5-14(16)13-27-23(19-6-1-2-10-22(19)26)18-9-4-8-17(18)21(12-15)24(20)27/h1-4,6-8,10-12,14,16-18,23H,5,9,13H2/t14-,16-,17+,18-,23+/m1/s1. The van der Waals surface area contributed by atoms with Crippen LogP contribution in [0.3, 0.4) is 0 Å². The van der Waals surface area contributed by atoms with Crippen molar-refractivity contribution in [1.82, 2.24) is 0 Å². The van der Waals surface area contributed by atoms with E-state index in [1.165, 1.54) is 21.3 Å². The van der Waals surface area contributed by atoms with Crippen molar-refractivity contribution in [3.63, 3.8) is 0 Å². The lowest BCUT2D eigenvalue weighted by molar-refractivity contribution is 0.328. The maximum absolute atomic E-state index is 14.9. The Morgan fingerprint density at radius 1 is 0.926 bits per heavy atom. The molecular weight excluding hydrogens is 401 g/mol. The molecule has 4 aliphatic rings. The number of nitrogens with zero attached hydrogens (tertiary/aromatic N) is 1. The fourth-order valence-electron chi connectivity index (χ4n) is 6.00. The zero-order chi connectivity index (χ0) is 18.1. The van der Waals surface area contributed by atoms with E-state index in [1.54, 1.807) is 12.1 Å². The molecule has 2 aliphatic heterocycles. The molecule has 2 aromatic rings. The largest absolute Gasteiger partial charge is 0.363 e. The molecule has 1 nitrogen and oxygen atoms in total. The highest BCUT2D eigenvalue weighted by atomic mass is 79.9. The second kappa shape index (κ2) is 5.81. The average Bonchev–Trinajstić information content (AvgIpc) is 3.32. The van der Waals surface area contributed by atoms with Crippen molar-refractivity contribution in [2.75, 3.05) is 11.4 Å². The molecule has 0 unspecified atom stereocenters. The Bertz CT molecular complexity index is 977. The normalized spacial score (nSPS) is 32.4. The highest BCUT2D eigenvalue weighted by Crippen LogP contribution is 2.59. The first kappa shape index (κ1) is 16.1. The van der Waals surface area contributed by atoms with E-state index in [9.17, 15) is 4.39 Å². The highest BCUT2D eigenvalue weighted by Gasteiger charge is 2.48. The summed E-state index contributed by atoms with van der Waals surface area (Å²) in [6.07, 6.45) is 11.5. The lowest BCUT2D eigenvalue weighted by Crippen LogP contribution is -2.46. The average molecular weight is 422 g/mol. The summed E-state index contributed by atoms with van der Waals surface area (Å²) in [5.41, 5.74) is 5.07. The van der Waals surface area contributed by atoms with Gasteiger partial charge in [0.2, 0.25) is 0 Å². The smallest absolute Gasteiger partial charge is 0.128 e. The molecule has 0 amide bonds. The fourth-order valence-corrected chi connectivity index (χ4v) is 6.50. The van der Waals surface area contributed by atoms with Crippen molar-refractivity contribution in [2.45, 2.75) is 30.7 Å². The second-order valence-electron chi connectivity index (χ2n) is 8.35. The minimum absolute atomic E-state index is 0.0677. The maximum atomic E-state index is 14.9. The third-order valence-corrected chi connectivity index (χ3v) is 7.50. The third kappa shape index (κ3) is 2.21. The maximum Gasteiger partial charge on any atom is 0.128 e. The summed E-state index contributed by atoms with van der Waals surface area (Å²) in [5.74, 6) is 1.80. The van der Waals surface area contributed by atoms with E-state index in [0.717, 1.165) is 24.9 Å².